The molecule has 88 valence electrons. The molecule has 0 aliphatic rings. The minimum atomic E-state index is -0.0239. The predicted octanol–water partition coefficient (Wildman–Crippen LogP) is 4.66. The molecule has 1 nitrogen and oxygen atoms in total. The summed E-state index contributed by atoms with van der Waals surface area (Å²) in [6, 6.07) is 14.7. The Morgan fingerprint density at radius 1 is 0.722 bits per heavy atom. The molecule has 0 spiro atoms. The Labute approximate surface area is 114 Å². The van der Waals surface area contributed by atoms with E-state index in [0.29, 0.717) is 20.8 Å². The van der Waals surface area contributed by atoms with Crippen LogP contribution < -0.4 is 5.43 Å². The van der Waals surface area contributed by atoms with E-state index in [1.54, 1.807) is 12.1 Å². The van der Waals surface area contributed by atoms with Gasteiger partial charge in [-0.2, -0.15) is 0 Å². The Bertz CT molecular complexity index is 825. The molecule has 0 amide bonds. The van der Waals surface area contributed by atoms with Crippen molar-refractivity contribution < 1.29 is 0 Å². The summed E-state index contributed by atoms with van der Waals surface area (Å²) in [5, 5.41) is 3.84. The van der Waals surface area contributed by atoms with Gasteiger partial charge in [0.2, 0.25) is 0 Å². The number of hydrogen-bond acceptors (Lipinski definition) is 1. The highest BCUT2D eigenvalue weighted by Gasteiger charge is 2.05. The van der Waals surface area contributed by atoms with Crippen molar-refractivity contribution in [2.75, 3.05) is 0 Å². The number of hydrogen-bond donors (Lipinski definition) is 0. The molecule has 3 aromatic carbocycles. The van der Waals surface area contributed by atoms with E-state index in [4.69, 9.17) is 23.2 Å². The molecular formula is C15H8Cl2O. The van der Waals surface area contributed by atoms with Crippen molar-refractivity contribution in [2.45, 2.75) is 0 Å². The lowest BCUT2D eigenvalue weighted by atomic mass is 10.1. The van der Waals surface area contributed by atoms with E-state index in [-0.39, 0.29) is 5.43 Å². The molecular weight excluding hydrogens is 267 g/mol. The van der Waals surface area contributed by atoms with E-state index in [1.165, 1.54) is 0 Å². The second-order valence-electron chi connectivity index (χ2n) is 4.10. The maximum absolute atomic E-state index is 12.4. The molecule has 0 saturated heterocycles. The van der Waals surface area contributed by atoms with Crippen LogP contribution in [0.1, 0.15) is 0 Å². The van der Waals surface area contributed by atoms with Gasteiger partial charge in [-0.3, -0.25) is 4.79 Å². The smallest absolute Gasteiger partial charge is 0.194 e. The van der Waals surface area contributed by atoms with Crippen LogP contribution in [-0.4, -0.2) is 0 Å². The van der Waals surface area contributed by atoms with Crippen molar-refractivity contribution in [3.63, 3.8) is 0 Å². The first-order valence-corrected chi connectivity index (χ1v) is 6.23. The van der Waals surface area contributed by atoms with Gasteiger partial charge in [0.05, 0.1) is 10.0 Å². The molecule has 0 aromatic heterocycles. The molecule has 0 radical (unpaired) electrons. The summed E-state index contributed by atoms with van der Waals surface area (Å²) in [6.45, 7) is 0. The van der Waals surface area contributed by atoms with Crippen molar-refractivity contribution in [2.24, 2.45) is 0 Å². The fourth-order valence-corrected chi connectivity index (χ4v) is 2.41. The zero-order valence-electron chi connectivity index (χ0n) is 9.28. The van der Waals surface area contributed by atoms with E-state index in [1.807, 2.05) is 36.4 Å². The second-order valence-corrected chi connectivity index (χ2v) is 4.92. The lowest BCUT2D eigenvalue weighted by molar-refractivity contribution is 1.74. The molecule has 0 saturated carbocycles. The van der Waals surface area contributed by atoms with Gasteiger partial charge in [-0.25, -0.2) is 0 Å². The van der Waals surface area contributed by atoms with Crippen LogP contribution >= 0.6 is 23.2 Å². The standard InChI is InChI=1S/C15H8Cl2O/c16-13-7-10-6-5-9-3-1-2-4-11(9)15(18)12(10)8-14(13)17/h1-8H. The highest BCUT2D eigenvalue weighted by atomic mass is 35.5. The summed E-state index contributed by atoms with van der Waals surface area (Å²) in [7, 11) is 0. The minimum Gasteiger partial charge on any atom is -0.289 e. The molecule has 0 bridgehead atoms. The summed E-state index contributed by atoms with van der Waals surface area (Å²) in [4.78, 5) is 12.4. The number of halogens is 2. The molecule has 3 heteroatoms. The number of benzene rings is 2. The van der Waals surface area contributed by atoms with Gasteiger partial charge >= 0.3 is 0 Å². The normalized spacial score (nSPS) is 11.0. The number of rotatable bonds is 0. The molecule has 0 aliphatic carbocycles. The highest BCUT2D eigenvalue weighted by molar-refractivity contribution is 6.42. The van der Waals surface area contributed by atoms with E-state index in [2.05, 4.69) is 0 Å². The first-order valence-electron chi connectivity index (χ1n) is 5.47. The molecule has 0 heterocycles. The Hall–Kier alpha value is -1.57. The molecule has 3 aromatic rings. The second kappa shape index (κ2) is 4.27. The van der Waals surface area contributed by atoms with Gasteiger partial charge in [0.1, 0.15) is 0 Å². The first-order chi connectivity index (χ1) is 8.66. The van der Waals surface area contributed by atoms with Gasteiger partial charge in [-0.1, -0.05) is 59.6 Å². The highest BCUT2D eigenvalue weighted by Crippen LogP contribution is 2.26. The Morgan fingerprint density at radius 3 is 2.22 bits per heavy atom. The fraction of sp³-hybridized carbons (Fsp3) is 0. The molecule has 0 aliphatic heterocycles. The maximum atomic E-state index is 12.4. The lowest BCUT2D eigenvalue weighted by Gasteiger charge is -1.96. The van der Waals surface area contributed by atoms with Gasteiger partial charge in [-0.15, -0.1) is 0 Å². The molecule has 18 heavy (non-hydrogen) atoms. The monoisotopic (exact) mass is 274 g/mol. The zero-order valence-corrected chi connectivity index (χ0v) is 10.8. The average molecular weight is 275 g/mol. The van der Waals surface area contributed by atoms with Gasteiger partial charge in [0.25, 0.3) is 0 Å². The van der Waals surface area contributed by atoms with Crippen LogP contribution in [0.5, 0.6) is 0 Å². The third-order valence-electron chi connectivity index (χ3n) is 2.98. The quantitative estimate of drug-likeness (QED) is 0.583. The Balaban J connectivity index is 2.63. The molecule has 0 fully saturated rings. The maximum Gasteiger partial charge on any atom is 0.194 e. The average Bonchev–Trinajstić information content (AvgIpc) is 2.51. The Kier molecular flexibility index (Phi) is 2.73. The number of fused-ring (bicyclic) bond motifs is 2. The van der Waals surface area contributed by atoms with Gasteiger partial charge in [0.15, 0.2) is 5.43 Å². The molecule has 0 unspecified atom stereocenters. The van der Waals surface area contributed by atoms with Gasteiger partial charge in [0, 0.05) is 10.8 Å². The van der Waals surface area contributed by atoms with E-state index in [9.17, 15) is 4.79 Å². The van der Waals surface area contributed by atoms with E-state index < -0.39 is 0 Å². The topological polar surface area (TPSA) is 17.1 Å². The summed E-state index contributed by atoms with van der Waals surface area (Å²) in [6.07, 6.45) is 0. The van der Waals surface area contributed by atoms with Crippen LogP contribution in [0.15, 0.2) is 53.3 Å². The van der Waals surface area contributed by atoms with Crippen LogP contribution in [-0.2, 0) is 0 Å². The largest absolute Gasteiger partial charge is 0.289 e. The van der Waals surface area contributed by atoms with Crippen molar-refractivity contribution in [3.05, 3.63) is 68.8 Å². The van der Waals surface area contributed by atoms with Crippen LogP contribution in [0.4, 0.5) is 0 Å². The van der Waals surface area contributed by atoms with E-state index >= 15 is 0 Å². The zero-order chi connectivity index (χ0) is 12.7. The van der Waals surface area contributed by atoms with Crippen LogP contribution in [0.25, 0.3) is 21.5 Å². The molecule has 3 rings (SSSR count). The van der Waals surface area contributed by atoms with E-state index in [0.717, 1.165) is 10.8 Å². The summed E-state index contributed by atoms with van der Waals surface area (Å²) < 4.78 is 0. The molecule has 0 atom stereocenters. The SMILES string of the molecule is O=c1c2ccccc2ccc2cc(Cl)c(Cl)cc12. The Morgan fingerprint density at radius 2 is 1.39 bits per heavy atom. The predicted molar refractivity (Wildman–Crippen MR) is 77.7 cm³/mol. The van der Waals surface area contributed by atoms with Crippen molar-refractivity contribution >= 4 is 44.7 Å². The van der Waals surface area contributed by atoms with Crippen LogP contribution in [0, 0.1) is 0 Å². The summed E-state index contributed by atoms with van der Waals surface area (Å²) in [5.41, 5.74) is -0.0239. The third-order valence-corrected chi connectivity index (χ3v) is 3.71. The van der Waals surface area contributed by atoms with Crippen molar-refractivity contribution in [1.82, 2.24) is 0 Å². The van der Waals surface area contributed by atoms with Crippen molar-refractivity contribution in [3.8, 4) is 0 Å². The third kappa shape index (κ3) is 1.76. The van der Waals surface area contributed by atoms with Gasteiger partial charge < -0.3 is 0 Å². The summed E-state index contributed by atoms with van der Waals surface area (Å²) in [5.74, 6) is 0. The lowest BCUT2D eigenvalue weighted by Crippen LogP contribution is -1.98. The fourth-order valence-electron chi connectivity index (χ4n) is 2.07. The first kappa shape index (κ1) is 11.5. The van der Waals surface area contributed by atoms with Crippen LogP contribution in [0.3, 0.4) is 0 Å². The summed E-state index contributed by atoms with van der Waals surface area (Å²) >= 11 is 12.0. The van der Waals surface area contributed by atoms with Crippen LogP contribution in [0.2, 0.25) is 10.0 Å². The molecule has 0 N–H and O–H groups in total. The van der Waals surface area contributed by atoms with Gasteiger partial charge in [-0.05, 0) is 22.9 Å². The minimum absolute atomic E-state index is 0.0239. The van der Waals surface area contributed by atoms with Crippen molar-refractivity contribution in [1.29, 1.82) is 0 Å².